The Balaban J connectivity index is 2.58. The molecule has 2 aromatic rings. The Bertz CT molecular complexity index is 501. The van der Waals surface area contributed by atoms with Gasteiger partial charge >= 0.3 is 0 Å². The van der Waals surface area contributed by atoms with Crippen molar-refractivity contribution in [2.45, 2.75) is 13.8 Å². The zero-order chi connectivity index (χ0) is 11.5. The maximum Gasteiger partial charge on any atom is 0.126 e. The summed E-state index contributed by atoms with van der Waals surface area (Å²) in [4.78, 5) is 0. The lowest BCUT2D eigenvalue weighted by atomic mass is 9.98. The first-order valence-electron chi connectivity index (χ1n) is 5.43. The normalized spacial score (nSPS) is 10.2. The maximum absolute atomic E-state index is 5.38. The van der Waals surface area contributed by atoms with E-state index < -0.39 is 0 Å². The second-order valence-electron chi connectivity index (χ2n) is 4.02. The molecule has 0 unspecified atom stereocenters. The minimum Gasteiger partial charge on any atom is -0.496 e. The Morgan fingerprint density at radius 2 is 1.62 bits per heavy atom. The van der Waals surface area contributed by atoms with E-state index in [-0.39, 0.29) is 0 Å². The molecular weight excluding hydrogens is 196 g/mol. The fraction of sp³-hybridized carbons (Fsp3) is 0.200. The van der Waals surface area contributed by atoms with Crippen LogP contribution < -0.4 is 4.74 Å². The summed E-state index contributed by atoms with van der Waals surface area (Å²) >= 11 is 0. The van der Waals surface area contributed by atoms with Crippen LogP contribution in [0.1, 0.15) is 11.1 Å². The first kappa shape index (κ1) is 10.7. The van der Waals surface area contributed by atoms with E-state index in [1.54, 1.807) is 7.11 Å². The molecule has 0 bridgehead atoms. The molecule has 0 amide bonds. The topological polar surface area (TPSA) is 9.23 Å². The van der Waals surface area contributed by atoms with Gasteiger partial charge in [-0.1, -0.05) is 42.0 Å². The Hall–Kier alpha value is -1.76. The van der Waals surface area contributed by atoms with Gasteiger partial charge in [-0.3, -0.25) is 0 Å². The summed E-state index contributed by atoms with van der Waals surface area (Å²) in [5.41, 5.74) is 4.96. The van der Waals surface area contributed by atoms with Gasteiger partial charge in [0.1, 0.15) is 5.75 Å². The predicted molar refractivity (Wildman–Crippen MR) is 67.9 cm³/mol. The van der Waals surface area contributed by atoms with Crippen LogP contribution in [0.5, 0.6) is 5.75 Å². The summed E-state index contributed by atoms with van der Waals surface area (Å²) < 4.78 is 5.38. The van der Waals surface area contributed by atoms with E-state index in [1.165, 1.54) is 16.7 Å². The molecule has 0 N–H and O–H groups in total. The third-order valence-electron chi connectivity index (χ3n) is 2.78. The smallest absolute Gasteiger partial charge is 0.126 e. The minimum absolute atomic E-state index is 0.925. The van der Waals surface area contributed by atoms with Crippen LogP contribution in [0.15, 0.2) is 42.5 Å². The first-order valence-corrected chi connectivity index (χ1v) is 5.43. The highest BCUT2D eigenvalue weighted by atomic mass is 16.5. The zero-order valence-corrected chi connectivity index (χ0v) is 9.95. The van der Waals surface area contributed by atoms with E-state index in [0.717, 1.165) is 11.3 Å². The SMILES string of the molecule is COc1ccccc1-c1ccc(C)cc1C. The van der Waals surface area contributed by atoms with Gasteiger partial charge in [0.2, 0.25) is 0 Å². The van der Waals surface area contributed by atoms with Crippen molar-refractivity contribution in [3.8, 4) is 16.9 Å². The van der Waals surface area contributed by atoms with Crippen molar-refractivity contribution in [1.82, 2.24) is 0 Å². The second kappa shape index (κ2) is 4.40. The number of methoxy groups -OCH3 is 1. The Morgan fingerprint density at radius 1 is 0.875 bits per heavy atom. The molecule has 0 aliphatic rings. The number of para-hydroxylation sites is 1. The van der Waals surface area contributed by atoms with E-state index in [0.29, 0.717) is 0 Å². The highest BCUT2D eigenvalue weighted by molar-refractivity contribution is 5.73. The molecular formula is C15H16O. The van der Waals surface area contributed by atoms with Gasteiger partial charge in [-0.25, -0.2) is 0 Å². The van der Waals surface area contributed by atoms with Crippen LogP contribution in [0.2, 0.25) is 0 Å². The average molecular weight is 212 g/mol. The number of hydrogen-bond acceptors (Lipinski definition) is 1. The highest BCUT2D eigenvalue weighted by Crippen LogP contribution is 2.31. The summed E-state index contributed by atoms with van der Waals surface area (Å²) in [7, 11) is 1.71. The van der Waals surface area contributed by atoms with Crippen molar-refractivity contribution in [3.05, 3.63) is 53.6 Å². The van der Waals surface area contributed by atoms with Gasteiger partial charge in [0.15, 0.2) is 0 Å². The molecule has 0 aliphatic heterocycles. The molecule has 16 heavy (non-hydrogen) atoms. The second-order valence-corrected chi connectivity index (χ2v) is 4.02. The molecule has 2 rings (SSSR count). The fourth-order valence-electron chi connectivity index (χ4n) is 1.98. The van der Waals surface area contributed by atoms with E-state index in [4.69, 9.17) is 4.74 Å². The van der Waals surface area contributed by atoms with Crippen molar-refractivity contribution < 1.29 is 4.74 Å². The van der Waals surface area contributed by atoms with E-state index >= 15 is 0 Å². The van der Waals surface area contributed by atoms with Gasteiger partial charge in [0, 0.05) is 5.56 Å². The molecule has 0 aromatic heterocycles. The van der Waals surface area contributed by atoms with Gasteiger partial charge < -0.3 is 4.74 Å². The van der Waals surface area contributed by atoms with Crippen LogP contribution in [-0.2, 0) is 0 Å². The summed E-state index contributed by atoms with van der Waals surface area (Å²) in [6, 6.07) is 14.6. The minimum atomic E-state index is 0.925. The molecule has 1 nitrogen and oxygen atoms in total. The Morgan fingerprint density at radius 3 is 2.31 bits per heavy atom. The summed E-state index contributed by atoms with van der Waals surface area (Å²) in [5.74, 6) is 0.925. The van der Waals surface area contributed by atoms with Crippen LogP contribution >= 0.6 is 0 Å². The number of aryl methyl sites for hydroxylation is 2. The molecule has 0 fully saturated rings. The van der Waals surface area contributed by atoms with Crippen LogP contribution in [0.3, 0.4) is 0 Å². The molecule has 0 radical (unpaired) electrons. The third-order valence-corrected chi connectivity index (χ3v) is 2.78. The van der Waals surface area contributed by atoms with E-state index in [2.05, 4.69) is 38.1 Å². The first-order chi connectivity index (χ1) is 7.72. The van der Waals surface area contributed by atoms with Gasteiger partial charge in [0.25, 0.3) is 0 Å². The standard InChI is InChI=1S/C15H16O/c1-11-8-9-13(12(2)10-11)14-6-4-5-7-15(14)16-3/h4-10H,1-3H3. The van der Waals surface area contributed by atoms with Crippen molar-refractivity contribution >= 4 is 0 Å². The lowest BCUT2D eigenvalue weighted by Crippen LogP contribution is -1.90. The fourth-order valence-corrected chi connectivity index (χ4v) is 1.98. The lowest BCUT2D eigenvalue weighted by Gasteiger charge is -2.11. The summed E-state index contributed by atoms with van der Waals surface area (Å²) in [5, 5.41) is 0. The van der Waals surface area contributed by atoms with Crippen LogP contribution in [0.4, 0.5) is 0 Å². The Labute approximate surface area is 96.7 Å². The zero-order valence-electron chi connectivity index (χ0n) is 9.95. The molecule has 0 heterocycles. The molecule has 2 aromatic carbocycles. The predicted octanol–water partition coefficient (Wildman–Crippen LogP) is 3.98. The van der Waals surface area contributed by atoms with Gasteiger partial charge in [-0.2, -0.15) is 0 Å². The highest BCUT2D eigenvalue weighted by Gasteiger charge is 2.06. The molecule has 0 atom stereocenters. The summed E-state index contributed by atoms with van der Waals surface area (Å²) in [6.07, 6.45) is 0. The van der Waals surface area contributed by atoms with Gasteiger partial charge in [-0.05, 0) is 31.0 Å². The van der Waals surface area contributed by atoms with Crippen molar-refractivity contribution in [2.24, 2.45) is 0 Å². The molecule has 0 saturated heterocycles. The quantitative estimate of drug-likeness (QED) is 0.731. The monoisotopic (exact) mass is 212 g/mol. The van der Waals surface area contributed by atoms with Crippen LogP contribution in [0, 0.1) is 13.8 Å². The molecule has 0 saturated carbocycles. The Kier molecular flexibility index (Phi) is 2.95. The van der Waals surface area contributed by atoms with Crippen molar-refractivity contribution in [3.63, 3.8) is 0 Å². The molecule has 82 valence electrons. The average Bonchev–Trinajstić information content (AvgIpc) is 2.29. The van der Waals surface area contributed by atoms with Crippen molar-refractivity contribution in [2.75, 3.05) is 7.11 Å². The number of rotatable bonds is 2. The summed E-state index contributed by atoms with van der Waals surface area (Å²) in [6.45, 7) is 4.24. The van der Waals surface area contributed by atoms with E-state index in [1.807, 2.05) is 18.2 Å². The maximum atomic E-state index is 5.38. The van der Waals surface area contributed by atoms with Gasteiger partial charge in [-0.15, -0.1) is 0 Å². The largest absolute Gasteiger partial charge is 0.496 e. The number of ether oxygens (including phenoxy) is 1. The lowest BCUT2D eigenvalue weighted by molar-refractivity contribution is 0.416. The van der Waals surface area contributed by atoms with Gasteiger partial charge in [0.05, 0.1) is 7.11 Å². The molecule has 0 spiro atoms. The molecule has 1 heteroatoms. The van der Waals surface area contributed by atoms with Crippen LogP contribution in [-0.4, -0.2) is 7.11 Å². The van der Waals surface area contributed by atoms with E-state index in [9.17, 15) is 0 Å². The number of hydrogen-bond donors (Lipinski definition) is 0. The van der Waals surface area contributed by atoms with Crippen molar-refractivity contribution in [1.29, 1.82) is 0 Å². The number of benzene rings is 2. The third kappa shape index (κ3) is 1.94. The van der Waals surface area contributed by atoms with Crippen LogP contribution in [0.25, 0.3) is 11.1 Å². The molecule has 0 aliphatic carbocycles.